The van der Waals surface area contributed by atoms with E-state index in [2.05, 4.69) is 19.2 Å². The molecule has 0 spiro atoms. The van der Waals surface area contributed by atoms with Crippen LogP contribution in [0.25, 0.3) is 0 Å². The molecule has 0 aromatic carbocycles. The molecule has 0 amide bonds. The van der Waals surface area contributed by atoms with Crippen LogP contribution in [0.1, 0.15) is 79.6 Å². The van der Waals surface area contributed by atoms with E-state index in [0.717, 1.165) is 54.6 Å². The Hall–Kier alpha value is -2.10. The van der Waals surface area contributed by atoms with Crippen LogP contribution < -0.4 is 5.32 Å². The minimum Gasteiger partial charge on any atom is -0.459 e. The summed E-state index contributed by atoms with van der Waals surface area (Å²) < 4.78 is 5.94. The smallest absolute Gasteiger partial charge is 0.337 e. The van der Waals surface area contributed by atoms with Crippen LogP contribution >= 0.6 is 0 Å². The molecule has 1 saturated carbocycles. The molecule has 1 heterocycles. The van der Waals surface area contributed by atoms with E-state index in [4.69, 9.17) is 4.74 Å². The van der Waals surface area contributed by atoms with Crippen molar-refractivity contribution in [1.82, 2.24) is 5.32 Å². The fraction of sp³-hybridized carbons (Fsp3) is 0.600. The Balaban J connectivity index is 2.02. The molecule has 1 atom stereocenters. The lowest BCUT2D eigenvalue weighted by Crippen LogP contribution is -2.40. The molecule has 4 nitrogen and oxygen atoms in total. The highest BCUT2D eigenvalue weighted by atomic mass is 16.5. The van der Waals surface area contributed by atoms with Crippen molar-refractivity contribution >= 4 is 11.8 Å². The van der Waals surface area contributed by atoms with Gasteiger partial charge in [-0.1, -0.05) is 38.5 Å². The third kappa shape index (κ3) is 4.57. The zero-order chi connectivity index (χ0) is 21.2. The number of carbonyl (C=O) groups excluding carboxylic acids is 2. The second kappa shape index (κ2) is 8.73. The predicted molar refractivity (Wildman–Crippen MR) is 116 cm³/mol. The first-order valence-corrected chi connectivity index (χ1v) is 11.0. The standard InChI is InChI=1S/C25H35NO3/c1-6-11-17(7-2)22-21(24(28)29-18-12-9-8-10-13-18)16(3)26-19-14-25(4,5)15-20(27)23(19)22/h6-7,11,18,22,26H,8-10,12-15H2,1-5H3/b11-6-,17-7+. The zero-order valence-electron chi connectivity index (χ0n) is 18.6. The SMILES string of the molecule is C/C=C\C(=C/C)C1C(C(=O)OC2CCCCC2)=C(C)NC2=C1C(=O)CC(C)(C)C2. The third-order valence-electron chi connectivity index (χ3n) is 6.31. The molecule has 0 saturated heterocycles. The summed E-state index contributed by atoms with van der Waals surface area (Å²) in [6.07, 6.45) is 12.6. The highest BCUT2D eigenvalue weighted by Gasteiger charge is 2.43. The van der Waals surface area contributed by atoms with Gasteiger partial charge >= 0.3 is 5.97 Å². The van der Waals surface area contributed by atoms with Crippen LogP contribution in [0.3, 0.4) is 0 Å². The fourth-order valence-corrected chi connectivity index (χ4v) is 4.99. The number of dihydropyridines is 1. The Morgan fingerprint density at radius 2 is 1.83 bits per heavy atom. The van der Waals surface area contributed by atoms with Crippen LogP contribution in [-0.4, -0.2) is 17.9 Å². The average Bonchev–Trinajstić information content (AvgIpc) is 2.64. The maximum absolute atomic E-state index is 13.3. The van der Waals surface area contributed by atoms with Crippen molar-refractivity contribution in [3.63, 3.8) is 0 Å². The first kappa shape index (κ1) is 21.6. The van der Waals surface area contributed by atoms with Crippen LogP contribution in [0, 0.1) is 11.3 Å². The summed E-state index contributed by atoms with van der Waals surface area (Å²) in [5, 5.41) is 3.41. The van der Waals surface area contributed by atoms with Crippen molar-refractivity contribution in [3.8, 4) is 0 Å². The monoisotopic (exact) mass is 397 g/mol. The summed E-state index contributed by atoms with van der Waals surface area (Å²) in [4.78, 5) is 26.5. The van der Waals surface area contributed by atoms with Crippen molar-refractivity contribution in [2.75, 3.05) is 0 Å². The highest BCUT2D eigenvalue weighted by Crippen LogP contribution is 2.45. The van der Waals surface area contributed by atoms with E-state index in [1.165, 1.54) is 6.42 Å². The van der Waals surface area contributed by atoms with Crippen molar-refractivity contribution in [2.24, 2.45) is 11.3 Å². The topological polar surface area (TPSA) is 55.4 Å². The number of hydrogen-bond acceptors (Lipinski definition) is 4. The van der Waals surface area contributed by atoms with Gasteiger partial charge in [0.15, 0.2) is 5.78 Å². The molecule has 3 aliphatic rings. The Kier molecular flexibility index (Phi) is 6.50. The lowest BCUT2D eigenvalue weighted by molar-refractivity contribution is -0.146. The largest absolute Gasteiger partial charge is 0.459 e. The van der Waals surface area contributed by atoms with Gasteiger partial charge in [-0.05, 0) is 63.9 Å². The molecule has 158 valence electrons. The van der Waals surface area contributed by atoms with E-state index in [1.54, 1.807) is 0 Å². The molecule has 2 aliphatic carbocycles. The summed E-state index contributed by atoms with van der Waals surface area (Å²) in [5.41, 5.74) is 4.01. The van der Waals surface area contributed by atoms with Gasteiger partial charge in [0, 0.05) is 29.3 Å². The van der Waals surface area contributed by atoms with E-state index in [9.17, 15) is 9.59 Å². The summed E-state index contributed by atoms with van der Waals surface area (Å²) in [6.45, 7) is 10.1. The third-order valence-corrected chi connectivity index (χ3v) is 6.31. The first-order valence-electron chi connectivity index (χ1n) is 11.0. The molecule has 1 unspecified atom stereocenters. The number of ether oxygens (including phenoxy) is 1. The lowest BCUT2D eigenvalue weighted by atomic mass is 9.68. The van der Waals surface area contributed by atoms with Gasteiger partial charge in [-0.25, -0.2) is 4.79 Å². The van der Waals surface area contributed by atoms with Crippen molar-refractivity contribution in [2.45, 2.75) is 85.7 Å². The Labute approximate surface area is 175 Å². The van der Waals surface area contributed by atoms with E-state index >= 15 is 0 Å². The molecule has 1 fully saturated rings. The Morgan fingerprint density at radius 3 is 2.45 bits per heavy atom. The quantitative estimate of drug-likeness (QED) is 0.501. The normalized spacial score (nSPS) is 25.9. The molecule has 0 aromatic rings. The molecule has 1 N–H and O–H groups in total. The van der Waals surface area contributed by atoms with Crippen LogP contribution in [0.15, 0.2) is 46.3 Å². The van der Waals surface area contributed by atoms with Crippen LogP contribution in [0.5, 0.6) is 0 Å². The highest BCUT2D eigenvalue weighted by molar-refractivity contribution is 6.03. The molecule has 1 aliphatic heterocycles. The Bertz CT molecular complexity index is 804. The molecule has 0 radical (unpaired) electrons. The molecular weight excluding hydrogens is 362 g/mol. The summed E-state index contributed by atoms with van der Waals surface area (Å²) in [6, 6.07) is 0. The number of carbonyl (C=O) groups is 2. The van der Waals surface area contributed by atoms with E-state index in [0.29, 0.717) is 12.0 Å². The number of ketones is 1. The second-order valence-corrected chi connectivity index (χ2v) is 9.38. The first-order chi connectivity index (χ1) is 13.8. The second-order valence-electron chi connectivity index (χ2n) is 9.38. The maximum Gasteiger partial charge on any atom is 0.337 e. The molecule has 29 heavy (non-hydrogen) atoms. The number of hydrogen-bond donors (Lipinski definition) is 1. The number of nitrogens with one attached hydrogen (secondary N) is 1. The summed E-state index contributed by atoms with van der Waals surface area (Å²) in [5.74, 6) is -0.500. The van der Waals surface area contributed by atoms with Gasteiger partial charge in [0.1, 0.15) is 6.10 Å². The number of esters is 1. The fourth-order valence-electron chi connectivity index (χ4n) is 4.99. The van der Waals surface area contributed by atoms with Crippen LogP contribution in [0.2, 0.25) is 0 Å². The van der Waals surface area contributed by atoms with E-state index < -0.39 is 0 Å². The summed E-state index contributed by atoms with van der Waals surface area (Å²) >= 11 is 0. The van der Waals surface area contributed by atoms with Gasteiger partial charge < -0.3 is 10.1 Å². The van der Waals surface area contributed by atoms with Gasteiger partial charge in [-0.15, -0.1) is 0 Å². The zero-order valence-corrected chi connectivity index (χ0v) is 18.6. The number of allylic oxidation sites excluding steroid dienone is 7. The van der Waals surface area contributed by atoms with Crippen LogP contribution in [0.4, 0.5) is 0 Å². The van der Waals surface area contributed by atoms with Crippen LogP contribution in [-0.2, 0) is 14.3 Å². The lowest BCUT2D eigenvalue weighted by Gasteiger charge is -2.40. The number of rotatable bonds is 4. The van der Waals surface area contributed by atoms with Gasteiger partial charge in [0.05, 0.1) is 5.57 Å². The molecule has 3 rings (SSSR count). The molecular formula is C25H35NO3. The van der Waals surface area contributed by atoms with E-state index in [1.807, 2.05) is 39.0 Å². The molecule has 0 aromatic heterocycles. The van der Waals surface area contributed by atoms with E-state index in [-0.39, 0.29) is 29.2 Å². The van der Waals surface area contributed by atoms with Crippen molar-refractivity contribution < 1.29 is 14.3 Å². The minimum atomic E-state index is -0.354. The van der Waals surface area contributed by atoms with Crippen molar-refractivity contribution in [1.29, 1.82) is 0 Å². The van der Waals surface area contributed by atoms with Gasteiger partial charge in [0.2, 0.25) is 0 Å². The Morgan fingerprint density at radius 1 is 1.14 bits per heavy atom. The molecule has 0 bridgehead atoms. The number of Topliss-reactive ketones (excluding diaryl/α,β-unsaturated/α-hetero) is 1. The van der Waals surface area contributed by atoms with Gasteiger partial charge in [0.25, 0.3) is 0 Å². The maximum atomic E-state index is 13.3. The molecule has 4 heteroatoms. The van der Waals surface area contributed by atoms with Crippen molar-refractivity contribution in [3.05, 3.63) is 46.3 Å². The van der Waals surface area contributed by atoms with Gasteiger partial charge in [-0.2, -0.15) is 0 Å². The average molecular weight is 398 g/mol. The minimum absolute atomic E-state index is 0.00987. The predicted octanol–water partition coefficient (Wildman–Crippen LogP) is 5.52. The summed E-state index contributed by atoms with van der Waals surface area (Å²) in [7, 11) is 0. The van der Waals surface area contributed by atoms with Gasteiger partial charge in [-0.3, -0.25) is 4.79 Å².